The molecule has 1 unspecified atom stereocenters. The Hall–Kier alpha value is -1.23. The van der Waals surface area contributed by atoms with Crippen LogP contribution in [0.3, 0.4) is 0 Å². The van der Waals surface area contributed by atoms with Gasteiger partial charge in [-0.2, -0.15) is 0 Å². The Kier molecular flexibility index (Phi) is 3.28. The standard InChI is InChI=1S/C12H16N2O2S/c1-6(8-4-5-8)10-13-7(2)9(11(17)14-10)12(15)16-3/h6,8H,4-5H2,1-3H3,(H,13,14,17). The summed E-state index contributed by atoms with van der Waals surface area (Å²) in [5, 5.41) is 0. The Bertz CT molecular complexity index is 506. The zero-order valence-electron chi connectivity index (χ0n) is 10.2. The quantitative estimate of drug-likeness (QED) is 0.664. The van der Waals surface area contributed by atoms with E-state index in [-0.39, 0.29) is 0 Å². The number of hydrogen-bond donors (Lipinski definition) is 1. The molecule has 1 aliphatic carbocycles. The van der Waals surface area contributed by atoms with Gasteiger partial charge < -0.3 is 9.72 Å². The van der Waals surface area contributed by atoms with Crippen LogP contribution in [-0.4, -0.2) is 23.0 Å². The average molecular weight is 252 g/mol. The Morgan fingerprint density at radius 2 is 2.24 bits per heavy atom. The van der Waals surface area contributed by atoms with Crippen molar-refractivity contribution in [3.05, 3.63) is 21.7 Å². The molecule has 0 bridgehead atoms. The fraction of sp³-hybridized carbons (Fsp3) is 0.583. The Morgan fingerprint density at radius 1 is 1.59 bits per heavy atom. The number of ether oxygens (including phenoxy) is 1. The third kappa shape index (κ3) is 2.39. The van der Waals surface area contributed by atoms with Crippen molar-refractivity contribution in [2.24, 2.45) is 5.92 Å². The molecule has 0 spiro atoms. The van der Waals surface area contributed by atoms with E-state index in [4.69, 9.17) is 17.0 Å². The summed E-state index contributed by atoms with van der Waals surface area (Å²) in [6, 6.07) is 0. The Labute approximate surface area is 105 Å². The lowest BCUT2D eigenvalue weighted by Gasteiger charge is -2.12. The van der Waals surface area contributed by atoms with Gasteiger partial charge in [-0.3, -0.25) is 0 Å². The molecule has 1 N–H and O–H groups in total. The van der Waals surface area contributed by atoms with Crippen molar-refractivity contribution < 1.29 is 9.53 Å². The van der Waals surface area contributed by atoms with Gasteiger partial charge in [-0.05, 0) is 25.7 Å². The van der Waals surface area contributed by atoms with Gasteiger partial charge in [0.25, 0.3) is 0 Å². The van der Waals surface area contributed by atoms with Crippen LogP contribution >= 0.6 is 12.2 Å². The average Bonchev–Trinajstić information content (AvgIpc) is 3.10. The fourth-order valence-electron chi connectivity index (χ4n) is 1.99. The minimum atomic E-state index is -0.429. The number of nitrogens with one attached hydrogen (secondary N) is 1. The molecular weight excluding hydrogens is 236 g/mol. The van der Waals surface area contributed by atoms with Gasteiger partial charge in [-0.15, -0.1) is 0 Å². The second-order valence-corrected chi connectivity index (χ2v) is 4.93. The van der Waals surface area contributed by atoms with Gasteiger partial charge in [-0.1, -0.05) is 19.1 Å². The van der Waals surface area contributed by atoms with E-state index in [1.54, 1.807) is 0 Å². The van der Waals surface area contributed by atoms with Crippen LogP contribution in [0.1, 0.15) is 47.6 Å². The largest absolute Gasteiger partial charge is 0.465 e. The van der Waals surface area contributed by atoms with Crippen LogP contribution in [0.15, 0.2) is 0 Å². The summed E-state index contributed by atoms with van der Waals surface area (Å²) < 4.78 is 5.02. The number of aromatic amines is 1. The molecule has 1 saturated carbocycles. The molecule has 1 aromatic heterocycles. The first-order valence-electron chi connectivity index (χ1n) is 5.73. The molecule has 4 nitrogen and oxygen atoms in total. The number of carbonyl (C=O) groups is 1. The van der Waals surface area contributed by atoms with Crippen molar-refractivity contribution in [2.75, 3.05) is 7.11 Å². The number of methoxy groups -OCH3 is 1. The second kappa shape index (κ2) is 4.56. The molecule has 1 aromatic rings. The van der Waals surface area contributed by atoms with Crippen LogP contribution in [0.5, 0.6) is 0 Å². The van der Waals surface area contributed by atoms with Crippen molar-refractivity contribution >= 4 is 18.2 Å². The Morgan fingerprint density at radius 3 is 2.71 bits per heavy atom. The van der Waals surface area contributed by atoms with E-state index in [1.165, 1.54) is 20.0 Å². The third-order valence-corrected chi connectivity index (χ3v) is 3.57. The zero-order chi connectivity index (χ0) is 12.6. The highest BCUT2D eigenvalue weighted by molar-refractivity contribution is 7.71. The van der Waals surface area contributed by atoms with Gasteiger partial charge in [0.2, 0.25) is 0 Å². The Balaban J connectivity index is 2.40. The molecule has 2 rings (SSSR count). The number of esters is 1. The minimum Gasteiger partial charge on any atom is -0.465 e. The summed E-state index contributed by atoms with van der Waals surface area (Å²) in [5.41, 5.74) is 1.11. The van der Waals surface area contributed by atoms with E-state index in [2.05, 4.69) is 16.9 Å². The molecule has 1 heterocycles. The van der Waals surface area contributed by atoms with Gasteiger partial charge in [0.1, 0.15) is 16.0 Å². The third-order valence-electron chi connectivity index (χ3n) is 3.28. The number of aromatic nitrogens is 2. The lowest BCUT2D eigenvalue weighted by molar-refractivity contribution is 0.0598. The normalized spacial score (nSPS) is 16.6. The predicted molar refractivity (Wildman–Crippen MR) is 66.6 cm³/mol. The topological polar surface area (TPSA) is 55.0 Å². The summed E-state index contributed by atoms with van der Waals surface area (Å²) in [6.45, 7) is 3.97. The van der Waals surface area contributed by atoms with Crippen molar-refractivity contribution in [3.63, 3.8) is 0 Å². The number of aryl methyl sites for hydroxylation is 1. The molecule has 1 fully saturated rings. The maximum atomic E-state index is 11.5. The molecule has 0 radical (unpaired) electrons. The molecule has 0 amide bonds. The van der Waals surface area contributed by atoms with Gasteiger partial charge in [0.15, 0.2) is 0 Å². The van der Waals surface area contributed by atoms with Gasteiger partial charge in [0, 0.05) is 11.6 Å². The van der Waals surface area contributed by atoms with E-state index in [0.717, 1.165) is 11.5 Å². The molecule has 1 aliphatic rings. The molecule has 17 heavy (non-hydrogen) atoms. The highest BCUT2D eigenvalue weighted by atomic mass is 32.1. The van der Waals surface area contributed by atoms with Crippen LogP contribution in [0.25, 0.3) is 0 Å². The van der Waals surface area contributed by atoms with Crippen molar-refractivity contribution in [3.8, 4) is 0 Å². The fourth-order valence-corrected chi connectivity index (χ4v) is 2.32. The highest BCUT2D eigenvalue weighted by Gasteiger charge is 2.31. The molecule has 1 atom stereocenters. The van der Waals surface area contributed by atoms with Crippen molar-refractivity contribution in [1.82, 2.24) is 9.97 Å². The van der Waals surface area contributed by atoms with Crippen LogP contribution in [0.2, 0.25) is 0 Å². The second-order valence-electron chi connectivity index (χ2n) is 4.54. The molecule has 0 aromatic carbocycles. The first kappa shape index (κ1) is 12.2. The SMILES string of the molecule is COC(=O)c1c(C)[nH]c(C(C)C2CC2)nc1=S. The first-order valence-corrected chi connectivity index (χ1v) is 6.14. The van der Waals surface area contributed by atoms with E-state index < -0.39 is 5.97 Å². The molecular formula is C12H16N2O2S. The summed E-state index contributed by atoms with van der Waals surface area (Å²) >= 11 is 5.16. The maximum absolute atomic E-state index is 11.5. The smallest absolute Gasteiger partial charge is 0.342 e. The van der Waals surface area contributed by atoms with Gasteiger partial charge in [-0.25, -0.2) is 9.78 Å². The predicted octanol–water partition coefficient (Wildman–Crippen LogP) is 2.75. The van der Waals surface area contributed by atoms with E-state index >= 15 is 0 Å². The monoisotopic (exact) mass is 252 g/mol. The van der Waals surface area contributed by atoms with Gasteiger partial charge in [0.05, 0.1) is 7.11 Å². The molecule has 5 heteroatoms. The maximum Gasteiger partial charge on any atom is 0.342 e. The number of carbonyl (C=O) groups excluding carboxylic acids is 1. The lowest BCUT2D eigenvalue weighted by Crippen LogP contribution is -2.12. The summed E-state index contributed by atoms with van der Waals surface area (Å²) in [5.74, 6) is 1.53. The summed E-state index contributed by atoms with van der Waals surface area (Å²) in [7, 11) is 1.34. The van der Waals surface area contributed by atoms with Crippen LogP contribution < -0.4 is 0 Å². The number of H-pyrrole nitrogens is 1. The van der Waals surface area contributed by atoms with E-state index in [1.807, 2.05) is 6.92 Å². The first-order chi connectivity index (χ1) is 8.04. The molecule has 92 valence electrons. The summed E-state index contributed by atoms with van der Waals surface area (Å²) in [6.07, 6.45) is 2.50. The summed E-state index contributed by atoms with van der Waals surface area (Å²) in [4.78, 5) is 19.0. The molecule has 0 aliphatic heterocycles. The number of rotatable bonds is 3. The van der Waals surface area contributed by atoms with Crippen LogP contribution in [0, 0.1) is 17.5 Å². The van der Waals surface area contributed by atoms with Crippen LogP contribution in [0.4, 0.5) is 0 Å². The number of nitrogens with zero attached hydrogens (tertiary/aromatic N) is 1. The minimum absolute atomic E-state index is 0.329. The molecule has 0 saturated heterocycles. The van der Waals surface area contributed by atoms with E-state index in [9.17, 15) is 4.79 Å². The van der Waals surface area contributed by atoms with Crippen LogP contribution in [-0.2, 0) is 4.74 Å². The zero-order valence-corrected chi connectivity index (χ0v) is 11.1. The van der Waals surface area contributed by atoms with Crippen molar-refractivity contribution in [1.29, 1.82) is 0 Å². The number of hydrogen-bond acceptors (Lipinski definition) is 4. The van der Waals surface area contributed by atoms with Crippen molar-refractivity contribution in [2.45, 2.75) is 32.6 Å². The highest BCUT2D eigenvalue weighted by Crippen LogP contribution is 2.41. The van der Waals surface area contributed by atoms with Gasteiger partial charge >= 0.3 is 5.97 Å². The van der Waals surface area contributed by atoms with E-state index in [0.29, 0.717) is 22.0 Å². The lowest BCUT2D eigenvalue weighted by atomic mass is 10.1.